The predicted molar refractivity (Wildman–Crippen MR) is 72.7 cm³/mol. The Morgan fingerprint density at radius 1 is 1.28 bits per heavy atom. The lowest BCUT2D eigenvalue weighted by molar-refractivity contribution is -0.136. The van der Waals surface area contributed by atoms with Crippen LogP contribution < -0.4 is 10.6 Å². The van der Waals surface area contributed by atoms with Gasteiger partial charge in [0.15, 0.2) is 0 Å². The standard InChI is InChI=1S/C13H17ClN2O2/c1-8(2)7-15-12(17)13(18)16-11-5-4-10(14)6-9(11)3/h4-6,8H,7H2,1-3H3,(H,15,17)(H,16,18). The summed E-state index contributed by atoms with van der Waals surface area (Å²) in [6.45, 7) is 6.21. The van der Waals surface area contributed by atoms with Crippen LogP contribution in [0, 0.1) is 12.8 Å². The summed E-state index contributed by atoms with van der Waals surface area (Å²) < 4.78 is 0. The summed E-state index contributed by atoms with van der Waals surface area (Å²) in [7, 11) is 0. The summed E-state index contributed by atoms with van der Waals surface area (Å²) in [5.74, 6) is -0.988. The van der Waals surface area contributed by atoms with Crippen LogP contribution in [0.15, 0.2) is 18.2 Å². The van der Waals surface area contributed by atoms with Crippen LogP contribution in [0.3, 0.4) is 0 Å². The molecule has 0 spiro atoms. The van der Waals surface area contributed by atoms with Crippen LogP contribution >= 0.6 is 11.6 Å². The van der Waals surface area contributed by atoms with Crippen LogP contribution in [-0.2, 0) is 9.59 Å². The minimum Gasteiger partial charge on any atom is -0.348 e. The monoisotopic (exact) mass is 268 g/mol. The van der Waals surface area contributed by atoms with Gasteiger partial charge in [-0.1, -0.05) is 25.4 Å². The van der Waals surface area contributed by atoms with E-state index < -0.39 is 11.8 Å². The lowest BCUT2D eigenvalue weighted by Gasteiger charge is -2.10. The van der Waals surface area contributed by atoms with E-state index in [4.69, 9.17) is 11.6 Å². The van der Waals surface area contributed by atoms with Gasteiger partial charge in [-0.25, -0.2) is 0 Å². The lowest BCUT2D eigenvalue weighted by atomic mass is 10.2. The molecule has 0 fully saturated rings. The highest BCUT2D eigenvalue weighted by molar-refractivity contribution is 6.39. The van der Waals surface area contributed by atoms with Crippen LogP contribution in [0.4, 0.5) is 5.69 Å². The molecular weight excluding hydrogens is 252 g/mol. The van der Waals surface area contributed by atoms with Crippen molar-refractivity contribution in [3.63, 3.8) is 0 Å². The first-order valence-corrected chi connectivity index (χ1v) is 6.13. The van der Waals surface area contributed by atoms with Crippen molar-refractivity contribution in [1.82, 2.24) is 5.32 Å². The van der Waals surface area contributed by atoms with Gasteiger partial charge in [0, 0.05) is 17.3 Å². The molecule has 0 saturated carbocycles. The van der Waals surface area contributed by atoms with Gasteiger partial charge in [-0.15, -0.1) is 0 Å². The van der Waals surface area contributed by atoms with Crippen molar-refractivity contribution in [2.45, 2.75) is 20.8 Å². The fourth-order valence-electron chi connectivity index (χ4n) is 1.32. The Bertz CT molecular complexity index is 458. The van der Waals surface area contributed by atoms with E-state index in [-0.39, 0.29) is 0 Å². The number of hydrogen-bond donors (Lipinski definition) is 2. The SMILES string of the molecule is Cc1cc(Cl)ccc1NC(=O)C(=O)NCC(C)C. The van der Waals surface area contributed by atoms with Crippen LogP contribution in [0.2, 0.25) is 5.02 Å². The van der Waals surface area contributed by atoms with E-state index in [1.54, 1.807) is 18.2 Å². The van der Waals surface area contributed by atoms with Crippen molar-refractivity contribution >= 4 is 29.1 Å². The Morgan fingerprint density at radius 2 is 1.94 bits per heavy atom. The summed E-state index contributed by atoms with van der Waals surface area (Å²) in [4.78, 5) is 23.1. The second-order valence-corrected chi connectivity index (χ2v) is 4.95. The summed E-state index contributed by atoms with van der Waals surface area (Å²) >= 11 is 5.81. The van der Waals surface area contributed by atoms with E-state index in [1.807, 2.05) is 20.8 Å². The topological polar surface area (TPSA) is 58.2 Å². The van der Waals surface area contributed by atoms with Crippen LogP contribution in [0.25, 0.3) is 0 Å². The molecule has 0 saturated heterocycles. The molecule has 1 rings (SSSR count). The minimum atomic E-state index is -0.666. The van der Waals surface area contributed by atoms with Gasteiger partial charge < -0.3 is 10.6 Å². The molecule has 0 aliphatic rings. The van der Waals surface area contributed by atoms with Crippen molar-refractivity contribution in [2.75, 3.05) is 11.9 Å². The number of carbonyl (C=O) groups is 2. The number of amides is 2. The lowest BCUT2D eigenvalue weighted by Crippen LogP contribution is -2.37. The Hall–Kier alpha value is -1.55. The zero-order chi connectivity index (χ0) is 13.7. The zero-order valence-corrected chi connectivity index (χ0v) is 11.5. The predicted octanol–water partition coefficient (Wildman–Crippen LogP) is 2.36. The van der Waals surface area contributed by atoms with Crippen molar-refractivity contribution in [2.24, 2.45) is 5.92 Å². The fourth-order valence-corrected chi connectivity index (χ4v) is 1.55. The molecule has 0 atom stereocenters. The molecule has 1 aromatic carbocycles. The summed E-state index contributed by atoms with van der Waals surface area (Å²) in [5, 5.41) is 5.70. The number of rotatable bonds is 3. The average molecular weight is 269 g/mol. The van der Waals surface area contributed by atoms with Gasteiger partial charge in [0.2, 0.25) is 0 Å². The van der Waals surface area contributed by atoms with Crippen LogP contribution in [0.1, 0.15) is 19.4 Å². The van der Waals surface area contributed by atoms with Gasteiger partial charge in [-0.3, -0.25) is 9.59 Å². The Kier molecular flexibility index (Phi) is 5.16. The molecule has 2 amide bonds. The average Bonchev–Trinajstić information content (AvgIpc) is 2.29. The van der Waals surface area contributed by atoms with E-state index >= 15 is 0 Å². The number of carbonyl (C=O) groups excluding carboxylic acids is 2. The maximum Gasteiger partial charge on any atom is 0.313 e. The highest BCUT2D eigenvalue weighted by Crippen LogP contribution is 2.19. The Labute approximate surface area is 112 Å². The molecule has 18 heavy (non-hydrogen) atoms. The molecule has 4 nitrogen and oxygen atoms in total. The third-order valence-corrected chi connectivity index (χ3v) is 2.55. The molecule has 1 aromatic rings. The van der Waals surface area contributed by atoms with E-state index in [2.05, 4.69) is 10.6 Å². The van der Waals surface area contributed by atoms with Gasteiger partial charge in [0.25, 0.3) is 0 Å². The number of aryl methyl sites for hydroxylation is 1. The molecule has 0 radical (unpaired) electrons. The van der Waals surface area contributed by atoms with Crippen molar-refractivity contribution in [3.8, 4) is 0 Å². The molecule has 0 heterocycles. The third-order valence-electron chi connectivity index (χ3n) is 2.31. The van der Waals surface area contributed by atoms with Crippen molar-refractivity contribution < 1.29 is 9.59 Å². The van der Waals surface area contributed by atoms with Crippen molar-refractivity contribution in [3.05, 3.63) is 28.8 Å². The second-order valence-electron chi connectivity index (χ2n) is 4.52. The Morgan fingerprint density at radius 3 is 2.50 bits per heavy atom. The normalized spacial score (nSPS) is 10.3. The van der Waals surface area contributed by atoms with Crippen LogP contribution in [-0.4, -0.2) is 18.4 Å². The highest BCUT2D eigenvalue weighted by atomic mass is 35.5. The first-order chi connectivity index (χ1) is 8.40. The first kappa shape index (κ1) is 14.5. The maximum atomic E-state index is 11.6. The van der Waals surface area contributed by atoms with Crippen LogP contribution in [0.5, 0.6) is 0 Å². The number of benzene rings is 1. The van der Waals surface area contributed by atoms with E-state index in [0.717, 1.165) is 5.56 Å². The van der Waals surface area contributed by atoms with Gasteiger partial charge in [0.1, 0.15) is 0 Å². The first-order valence-electron chi connectivity index (χ1n) is 5.75. The molecule has 98 valence electrons. The maximum absolute atomic E-state index is 11.6. The second kappa shape index (κ2) is 6.40. The molecule has 0 unspecified atom stereocenters. The molecule has 5 heteroatoms. The van der Waals surface area contributed by atoms with Gasteiger partial charge in [0.05, 0.1) is 0 Å². The zero-order valence-electron chi connectivity index (χ0n) is 10.7. The minimum absolute atomic E-state index is 0.305. The van der Waals surface area contributed by atoms with Gasteiger partial charge in [-0.05, 0) is 36.6 Å². The molecule has 0 bridgehead atoms. The number of halogens is 1. The summed E-state index contributed by atoms with van der Waals surface area (Å²) in [5.41, 5.74) is 1.40. The van der Waals surface area contributed by atoms with E-state index in [0.29, 0.717) is 23.2 Å². The molecule has 0 aliphatic heterocycles. The molecule has 2 N–H and O–H groups in total. The summed E-state index contributed by atoms with van der Waals surface area (Å²) in [6.07, 6.45) is 0. The van der Waals surface area contributed by atoms with Crippen molar-refractivity contribution in [1.29, 1.82) is 0 Å². The molecule has 0 aliphatic carbocycles. The fraction of sp³-hybridized carbons (Fsp3) is 0.385. The molecule has 0 aromatic heterocycles. The van der Waals surface area contributed by atoms with Gasteiger partial charge in [-0.2, -0.15) is 0 Å². The van der Waals surface area contributed by atoms with Gasteiger partial charge >= 0.3 is 11.8 Å². The number of nitrogens with one attached hydrogen (secondary N) is 2. The third kappa shape index (κ3) is 4.37. The molecular formula is C13H17ClN2O2. The largest absolute Gasteiger partial charge is 0.348 e. The van der Waals surface area contributed by atoms with E-state index in [9.17, 15) is 9.59 Å². The van der Waals surface area contributed by atoms with E-state index in [1.165, 1.54) is 0 Å². The number of anilines is 1. The summed E-state index contributed by atoms with van der Waals surface area (Å²) in [6, 6.07) is 5.06. The smallest absolute Gasteiger partial charge is 0.313 e. The quantitative estimate of drug-likeness (QED) is 0.827. The highest BCUT2D eigenvalue weighted by Gasteiger charge is 2.14. The Balaban J connectivity index is 2.61. The number of hydrogen-bond acceptors (Lipinski definition) is 2.